The fourth-order valence-electron chi connectivity index (χ4n) is 3.50. The summed E-state index contributed by atoms with van der Waals surface area (Å²) in [4.78, 5) is 7.54. The number of ether oxygens (including phenoxy) is 1. The number of alkyl halides is 4. The van der Waals surface area contributed by atoms with Crippen LogP contribution in [0.25, 0.3) is 11.3 Å². The SMILES string of the molecule is CC(C)CC1(COc2ccc(-c3ccnc(C(F)F)c3)nc2C(F)F)CC1N. The van der Waals surface area contributed by atoms with Crippen molar-refractivity contribution in [2.24, 2.45) is 17.1 Å². The lowest BCUT2D eigenvalue weighted by Gasteiger charge is -2.20. The molecule has 2 aromatic heterocycles. The summed E-state index contributed by atoms with van der Waals surface area (Å²) in [5, 5.41) is 0. The van der Waals surface area contributed by atoms with Crippen LogP contribution in [0.4, 0.5) is 17.6 Å². The van der Waals surface area contributed by atoms with Gasteiger partial charge in [-0.2, -0.15) is 0 Å². The summed E-state index contributed by atoms with van der Waals surface area (Å²) in [5.41, 5.74) is 5.35. The lowest BCUT2D eigenvalue weighted by atomic mass is 9.94. The van der Waals surface area contributed by atoms with E-state index in [1.54, 1.807) is 0 Å². The molecule has 1 saturated carbocycles. The van der Waals surface area contributed by atoms with Gasteiger partial charge in [-0.1, -0.05) is 13.8 Å². The van der Waals surface area contributed by atoms with Gasteiger partial charge in [-0.15, -0.1) is 0 Å². The Bertz CT molecular complexity index is 831. The molecule has 0 amide bonds. The minimum atomic E-state index is -2.86. The van der Waals surface area contributed by atoms with Gasteiger partial charge in [0.1, 0.15) is 17.1 Å². The summed E-state index contributed by atoms with van der Waals surface area (Å²) in [6, 6.07) is 5.48. The minimum absolute atomic E-state index is 0.00159. The third kappa shape index (κ3) is 4.43. The van der Waals surface area contributed by atoms with Gasteiger partial charge < -0.3 is 10.5 Å². The molecule has 0 aliphatic heterocycles. The Morgan fingerprint density at radius 3 is 2.46 bits per heavy atom. The highest BCUT2D eigenvalue weighted by molar-refractivity contribution is 5.60. The molecule has 28 heavy (non-hydrogen) atoms. The van der Waals surface area contributed by atoms with Crippen molar-refractivity contribution in [2.75, 3.05) is 6.61 Å². The highest BCUT2D eigenvalue weighted by Crippen LogP contribution is 2.50. The van der Waals surface area contributed by atoms with Crippen LogP contribution in [0.15, 0.2) is 30.5 Å². The molecule has 4 nitrogen and oxygen atoms in total. The molecular formula is C20H23F4N3O. The number of hydrogen-bond acceptors (Lipinski definition) is 4. The van der Waals surface area contributed by atoms with E-state index < -0.39 is 24.2 Å². The molecule has 2 N–H and O–H groups in total. The van der Waals surface area contributed by atoms with Crippen LogP contribution in [0, 0.1) is 11.3 Å². The molecule has 0 bridgehead atoms. The van der Waals surface area contributed by atoms with Crippen molar-refractivity contribution in [2.45, 2.75) is 45.6 Å². The molecule has 1 aliphatic rings. The van der Waals surface area contributed by atoms with Crippen molar-refractivity contribution in [3.63, 3.8) is 0 Å². The van der Waals surface area contributed by atoms with Gasteiger partial charge in [0.15, 0.2) is 0 Å². The van der Waals surface area contributed by atoms with Gasteiger partial charge in [-0.05, 0) is 43.0 Å². The van der Waals surface area contributed by atoms with E-state index in [0.29, 0.717) is 11.5 Å². The molecule has 152 valence electrons. The molecule has 2 heterocycles. The molecule has 2 aromatic rings. The molecule has 0 aromatic carbocycles. The predicted octanol–water partition coefficient (Wildman–Crippen LogP) is 5.16. The summed E-state index contributed by atoms with van der Waals surface area (Å²) in [6.07, 6.45) is -2.75. The molecule has 0 spiro atoms. The largest absolute Gasteiger partial charge is 0.491 e. The standard InChI is InChI=1S/C20H23F4N3O/c1-11(2)8-20(9-16(20)25)10-28-15-4-3-13(27-17(15)19(23)24)12-5-6-26-14(7-12)18(21)22/h3-7,11,16,18-19H,8-10,25H2,1-2H3. The van der Waals surface area contributed by atoms with Crippen LogP contribution in [0.5, 0.6) is 5.75 Å². The van der Waals surface area contributed by atoms with Crippen LogP contribution in [0.1, 0.15) is 50.9 Å². The van der Waals surface area contributed by atoms with Crippen LogP contribution in [0.3, 0.4) is 0 Å². The molecule has 0 saturated heterocycles. The van der Waals surface area contributed by atoms with Crippen molar-refractivity contribution < 1.29 is 22.3 Å². The summed E-state index contributed by atoms with van der Waals surface area (Å²) >= 11 is 0. The van der Waals surface area contributed by atoms with Crippen molar-refractivity contribution >= 4 is 0 Å². The molecule has 0 radical (unpaired) electrons. The second-order valence-corrected chi connectivity index (χ2v) is 7.71. The normalized spacial score (nSPS) is 21.6. The zero-order valence-corrected chi connectivity index (χ0v) is 15.7. The Labute approximate surface area is 161 Å². The van der Waals surface area contributed by atoms with Crippen molar-refractivity contribution in [1.82, 2.24) is 9.97 Å². The molecule has 1 aliphatic carbocycles. The molecule has 2 unspecified atom stereocenters. The summed E-state index contributed by atoms with van der Waals surface area (Å²) < 4.78 is 58.5. The topological polar surface area (TPSA) is 61.0 Å². The second kappa shape index (κ2) is 8.03. The van der Waals surface area contributed by atoms with Crippen LogP contribution in [-0.4, -0.2) is 22.6 Å². The average molecular weight is 397 g/mol. The molecular weight excluding hydrogens is 374 g/mol. The van der Waals surface area contributed by atoms with Crippen LogP contribution in [0.2, 0.25) is 0 Å². The number of nitrogens with two attached hydrogens (primary N) is 1. The van der Waals surface area contributed by atoms with Gasteiger partial charge in [-0.25, -0.2) is 22.5 Å². The fraction of sp³-hybridized carbons (Fsp3) is 0.500. The van der Waals surface area contributed by atoms with Gasteiger partial charge in [0.2, 0.25) is 0 Å². The zero-order chi connectivity index (χ0) is 20.5. The third-order valence-electron chi connectivity index (χ3n) is 4.98. The highest BCUT2D eigenvalue weighted by atomic mass is 19.3. The quantitative estimate of drug-likeness (QED) is 0.625. The van der Waals surface area contributed by atoms with Crippen molar-refractivity contribution in [1.29, 1.82) is 0 Å². The van der Waals surface area contributed by atoms with Crippen LogP contribution < -0.4 is 10.5 Å². The molecule has 8 heteroatoms. The number of nitrogens with zero attached hydrogens (tertiary/aromatic N) is 2. The first-order valence-corrected chi connectivity index (χ1v) is 9.14. The number of rotatable bonds is 8. The third-order valence-corrected chi connectivity index (χ3v) is 4.98. The molecule has 2 atom stereocenters. The Kier molecular flexibility index (Phi) is 5.88. The van der Waals surface area contributed by atoms with Crippen LogP contribution >= 0.6 is 0 Å². The van der Waals surface area contributed by atoms with Gasteiger partial charge in [-0.3, -0.25) is 4.98 Å². The van der Waals surface area contributed by atoms with E-state index in [1.807, 2.05) is 0 Å². The number of hydrogen-bond donors (Lipinski definition) is 1. The van der Waals surface area contributed by atoms with E-state index in [2.05, 4.69) is 23.8 Å². The van der Waals surface area contributed by atoms with Gasteiger partial charge in [0, 0.05) is 23.2 Å². The predicted molar refractivity (Wildman–Crippen MR) is 97.4 cm³/mol. The van der Waals surface area contributed by atoms with E-state index in [1.165, 1.54) is 24.4 Å². The first kappa shape index (κ1) is 20.5. The summed E-state index contributed by atoms with van der Waals surface area (Å²) in [6.45, 7) is 4.41. The maximum absolute atomic E-state index is 13.6. The molecule has 3 rings (SSSR count). The van der Waals surface area contributed by atoms with Crippen LogP contribution in [-0.2, 0) is 0 Å². The Morgan fingerprint density at radius 1 is 1.18 bits per heavy atom. The maximum atomic E-state index is 13.6. The monoisotopic (exact) mass is 397 g/mol. The van der Waals surface area contributed by atoms with Gasteiger partial charge in [0.25, 0.3) is 12.9 Å². The fourth-order valence-corrected chi connectivity index (χ4v) is 3.50. The number of aromatic nitrogens is 2. The lowest BCUT2D eigenvalue weighted by Crippen LogP contribution is -2.24. The minimum Gasteiger partial charge on any atom is -0.491 e. The van der Waals surface area contributed by atoms with E-state index in [-0.39, 0.29) is 29.5 Å². The number of pyridine rings is 2. The van der Waals surface area contributed by atoms with E-state index in [4.69, 9.17) is 10.5 Å². The van der Waals surface area contributed by atoms with E-state index in [9.17, 15) is 17.6 Å². The lowest BCUT2D eigenvalue weighted by molar-refractivity contribution is 0.134. The van der Waals surface area contributed by atoms with E-state index >= 15 is 0 Å². The van der Waals surface area contributed by atoms with E-state index in [0.717, 1.165) is 18.9 Å². The maximum Gasteiger partial charge on any atom is 0.284 e. The Hall–Kier alpha value is -2.22. The smallest absolute Gasteiger partial charge is 0.284 e. The summed E-state index contributed by atoms with van der Waals surface area (Å²) in [7, 11) is 0. The molecule has 1 fully saturated rings. The Morgan fingerprint density at radius 2 is 1.89 bits per heavy atom. The highest BCUT2D eigenvalue weighted by Gasteiger charge is 2.52. The Balaban J connectivity index is 1.83. The van der Waals surface area contributed by atoms with Crippen molar-refractivity contribution in [3.8, 4) is 17.0 Å². The zero-order valence-electron chi connectivity index (χ0n) is 15.7. The van der Waals surface area contributed by atoms with Gasteiger partial charge >= 0.3 is 0 Å². The first-order valence-electron chi connectivity index (χ1n) is 9.14. The number of halogens is 4. The average Bonchev–Trinajstić information content (AvgIpc) is 3.28. The second-order valence-electron chi connectivity index (χ2n) is 7.71. The van der Waals surface area contributed by atoms with Crippen molar-refractivity contribution in [3.05, 3.63) is 41.9 Å². The van der Waals surface area contributed by atoms with Gasteiger partial charge in [0.05, 0.1) is 12.3 Å². The first-order chi connectivity index (χ1) is 13.2. The summed E-state index contributed by atoms with van der Waals surface area (Å²) in [5.74, 6) is 0.409.